The fourth-order valence-electron chi connectivity index (χ4n) is 1.34. The molecule has 0 atom stereocenters. The first-order valence-electron chi connectivity index (χ1n) is 4.56. The van der Waals surface area contributed by atoms with Gasteiger partial charge in [-0.3, -0.25) is 0 Å². The summed E-state index contributed by atoms with van der Waals surface area (Å²) in [6, 6.07) is 0. The van der Waals surface area contributed by atoms with Gasteiger partial charge in [0.2, 0.25) is 0 Å². The average Bonchev–Trinajstić information content (AvgIpc) is 1.85. The molecule has 0 radical (unpaired) electrons. The maximum atomic E-state index is 4.02. The third-order valence-corrected chi connectivity index (χ3v) is 2.72. The van der Waals surface area contributed by atoms with Crippen molar-refractivity contribution in [1.29, 1.82) is 0 Å². The van der Waals surface area contributed by atoms with Crippen LogP contribution < -0.4 is 5.32 Å². The molecule has 72 valence electrons. The van der Waals surface area contributed by atoms with Crippen molar-refractivity contribution < 1.29 is 0 Å². The third kappa shape index (κ3) is 3.40. The van der Waals surface area contributed by atoms with Crippen molar-refractivity contribution >= 4 is 0 Å². The number of allylic oxidation sites excluding steroid dienone is 1. The molecule has 0 aromatic carbocycles. The molecule has 12 heavy (non-hydrogen) atoms. The number of hydrogen-bond acceptors (Lipinski definition) is 1. The molecule has 0 saturated carbocycles. The Hall–Kier alpha value is -0.300. The van der Waals surface area contributed by atoms with Crippen LogP contribution in [-0.2, 0) is 0 Å². The molecule has 0 rings (SSSR count). The largest absolute Gasteiger partial charge is 0.315 e. The van der Waals surface area contributed by atoms with Crippen molar-refractivity contribution in [3.05, 3.63) is 12.2 Å². The first kappa shape index (κ1) is 11.7. The van der Waals surface area contributed by atoms with Crippen LogP contribution in [0.3, 0.4) is 0 Å². The molecule has 0 bridgehead atoms. The van der Waals surface area contributed by atoms with Crippen LogP contribution in [0.5, 0.6) is 0 Å². The maximum Gasteiger partial charge on any atom is 0.0130 e. The summed E-state index contributed by atoms with van der Waals surface area (Å²) < 4.78 is 0. The van der Waals surface area contributed by atoms with Crippen molar-refractivity contribution in [3.63, 3.8) is 0 Å². The van der Waals surface area contributed by atoms with Gasteiger partial charge in [0.25, 0.3) is 0 Å². The van der Waals surface area contributed by atoms with E-state index in [0.717, 1.165) is 6.42 Å². The summed E-state index contributed by atoms with van der Waals surface area (Å²) in [5.41, 5.74) is 1.68. The van der Waals surface area contributed by atoms with Gasteiger partial charge in [-0.1, -0.05) is 26.0 Å². The zero-order valence-corrected chi connectivity index (χ0v) is 9.41. The summed E-state index contributed by atoms with van der Waals surface area (Å²) in [4.78, 5) is 0. The van der Waals surface area contributed by atoms with E-state index < -0.39 is 0 Å². The van der Waals surface area contributed by atoms with Gasteiger partial charge in [0.1, 0.15) is 0 Å². The first-order chi connectivity index (χ1) is 5.21. The molecule has 0 unspecified atom stereocenters. The second kappa shape index (κ2) is 3.61. The molecule has 0 amide bonds. The molecule has 0 spiro atoms. The maximum absolute atomic E-state index is 4.02. The smallest absolute Gasteiger partial charge is 0.0130 e. The van der Waals surface area contributed by atoms with Crippen molar-refractivity contribution in [1.82, 2.24) is 5.32 Å². The van der Waals surface area contributed by atoms with Crippen LogP contribution in [0.2, 0.25) is 0 Å². The van der Waals surface area contributed by atoms with E-state index in [-0.39, 0.29) is 11.0 Å². The Bertz CT molecular complexity index is 166. The summed E-state index contributed by atoms with van der Waals surface area (Å²) in [5, 5.41) is 3.31. The summed E-state index contributed by atoms with van der Waals surface area (Å²) in [5.74, 6) is 0. The van der Waals surface area contributed by atoms with E-state index in [2.05, 4.69) is 46.5 Å². The SMILES string of the molecule is C=C(C)C(C)(C)CC(C)(C)NC. The van der Waals surface area contributed by atoms with Crippen LogP contribution in [-0.4, -0.2) is 12.6 Å². The van der Waals surface area contributed by atoms with Crippen molar-refractivity contribution in [2.24, 2.45) is 5.41 Å². The second-order valence-electron chi connectivity index (χ2n) is 4.97. The van der Waals surface area contributed by atoms with Gasteiger partial charge < -0.3 is 5.32 Å². The Morgan fingerprint density at radius 2 is 1.67 bits per heavy atom. The molecule has 0 aliphatic heterocycles. The summed E-state index contributed by atoms with van der Waals surface area (Å²) in [6.07, 6.45) is 1.12. The molecule has 0 aromatic heterocycles. The molecule has 0 aliphatic rings. The Morgan fingerprint density at radius 1 is 1.25 bits per heavy atom. The standard InChI is InChI=1S/C11H23N/c1-9(2)10(3,4)8-11(5,6)12-7/h12H,1,8H2,2-7H3. The lowest BCUT2D eigenvalue weighted by Gasteiger charge is -2.35. The summed E-state index contributed by atoms with van der Waals surface area (Å²) >= 11 is 0. The number of nitrogens with one attached hydrogen (secondary N) is 1. The zero-order valence-electron chi connectivity index (χ0n) is 9.41. The van der Waals surface area contributed by atoms with Crippen LogP contribution in [0.25, 0.3) is 0 Å². The highest BCUT2D eigenvalue weighted by atomic mass is 14.9. The quantitative estimate of drug-likeness (QED) is 0.638. The van der Waals surface area contributed by atoms with Gasteiger partial charge in [0.15, 0.2) is 0 Å². The van der Waals surface area contributed by atoms with Crippen LogP contribution in [0.1, 0.15) is 41.0 Å². The predicted molar refractivity (Wildman–Crippen MR) is 56.4 cm³/mol. The fourth-order valence-corrected chi connectivity index (χ4v) is 1.34. The molecule has 0 heterocycles. The van der Waals surface area contributed by atoms with E-state index in [9.17, 15) is 0 Å². The lowest BCUT2D eigenvalue weighted by molar-refractivity contribution is 0.271. The molecular formula is C11H23N. The predicted octanol–water partition coefficient (Wildman–Crippen LogP) is 2.98. The van der Waals surface area contributed by atoms with Crippen molar-refractivity contribution in [3.8, 4) is 0 Å². The van der Waals surface area contributed by atoms with Gasteiger partial charge in [0.05, 0.1) is 0 Å². The van der Waals surface area contributed by atoms with E-state index >= 15 is 0 Å². The summed E-state index contributed by atoms with van der Waals surface area (Å²) in [6.45, 7) is 15.0. The molecular weight excluding hydrogens is 146 g/mol. The fraction of sp³-hybridized carbons (Fsp3) is 0.818. The molecule has 0 fully saturated rings. The molecule has 1 heteroatoms. The highest BCUT2D eigenvalue weighted by Gasteiger charge is 2.27. The van der Waals surface area contributed by atoms with Gasteiger partial charge in [-0.25, -0.2) is 0 Å². The van der Waals surface area contributed by atoms with Crippen LogP contribution >= 0.6 is 0 Å². The summed E-state index contributed by atoms with van der Waals surface area (Å²) in [7, 11) is 2.01. The van der Waals surface area contributed by atoms with Gasteiger partial charge in [-0.15, -0.1) is 0 Å². The van der Waals surface area contributed by atoms with E-state index in [1.165, 1.54) is 5.57 Å². The Morgan fingerprint density at radius 3 is 1.92 bits per heavy atom. The van der Waals surface area contributed by atoms with E-state index in [1.807, 2.05) is 7.05 Å². The molecule has 0 aromatic rings. The van der Waals surface area contributed by atoms with E-state index in [0.29, 0.717) is 0 Å². The lowest BCUT2D eigenvalue weighted by atomic mass is 9.76. The monoisotopic (exact) mass is 169 g/mol. The Balaban J connectivity index is 4.34. The first-order valence-corrected chi connectivity index (χ1v) is 4.56. The highest BCUT2D eigenvalue weighted by molar-refractivity contribution is 5.05. The van der Waals surface area contributed by atoms with E-state index in [1.54, 1.807) is 0 Å². The second-order valence-corrected chi connectivity index (χ2v) is 4.97. The lowest BCUT2D eigenvalue weighted by Crippen LogP contribution is -2.40. The van der Waals surface area contributed by atoms with E-state index in [4.69, 9.17) is 0 Å². The average molecular weight is 169 g/mol. The van der Waals surface area contributed by atoms with Crippen LogP contribution in [0.4, 0.5) is 0 Å². The number of hydrogen-bond donors (Lipinski definition) is 1. The highest BCUT2D eigenvalue weighted by Crippen LogP contribution is 2.33. The molecule has 0 saturated heterocycles. The van der Waals surface area contributed by atoms with Gasteiger partial charge in [-0.05, 0) is 39.7 Å². The minimum absolute atomic E-state index is 0.197. The Kier molecular flexibility index (Phi) is 3.52. The van der Waals surface area contributed by atoms with Crippen LogP contribution in [0.15, 0.2) is 12.2 Å². The van der Waals surface area contributed by atoms with Crippen molar-refractivity contribution in [2.75, 3.05) is 7.05 Å². The van der Waals surface area contributed by atoms with Crippen LogP contribution in [0, 0.1) is 5.41 Å². The minimum atomic E-state index is 0.197. The van der Waals surface area contributed by atoms with Gasteiger partial charge in [-0.2, -0.15) is 0 Å². The van der Waals surface area contributed by atoms with Gasteiger partial charge >= 0.3 is 0 Å². The minimum Gasteiger partial charge on any atom is -0.315 e. The zero-order chi connectivity index (χ0) is 9.99. The van der Waals surface area contributed by atoms with Crippen molar-refractivity contribution in [2.45, 2.75) is 46.6 Å². The molecule has 1 N–H and O–H groups in total. The third-order valence-electron chi connectivity index (χ3n) is 2.72. The molecule has 1 nitrogen and oxygen atoms in total. The number of rotatable bonds is 4. The normalized spacial score (nSPS) is 13.2. The topological polar surface area (TPSA) is 12.0 Å². The van der Waals surface area contributed by atoms with Gasteiger partial charge in [0, 0.05) is 5.54 Å². The Labute approximate surface area is 77.2 Å². The molecule has 0 aliphatic carbocycles.